The van der Waals surface area contributed by atoms with Gasteiger partial charge >= 0.3 is 0 Å². The van der Waals surface area contributed by atoms with Crippen LogP contribution in [0.25, 0.3) is 0 Å². The van der Waals surface area contributed by atoms with Crippen molar-refractivity contribution in [3.05, 3.63) is 17.5 Å². The van der Waals surface area contributed by atoms with Crippen molar-refractivity contribution in [1.29, 1.82) is 0 Å². The molecule has 3 N–H and O–H groups in total. The number of hydrogen-bond donors (Lipinski definition) is 3. The first kappa shape index (κ1) is 19.0. The van der Waals surface area contributed by atoms with Gasteiger partial charge in [0.15, 0.2) is 5.96 Å². The van der Waals surface area contributed by atoms with Gasteiger partial charge < -0.3 is 15.5 Å². The van der Waals surface area contributed by atoms with E-state index in [4.69, 9.17) is 0 Å². The number of nitrogens with zero attached hydrogens (tertiary/aromatic N) is 2. The quantitative estimate of drug-likeness (QED) is 0.374. The van der Waals surface area contributed by atoms with Gasteiger partial charge in [-0.25, -0.2) is 13.1 Å². The van der Waals surface area contributed by atoms with E-state index in [-0.39, 0.29) is 5.75 Å². The van der Waals surface area contributed by atoms with E-state index >= 15 is 0 Å². The van der Waals surface area contributed by atoms with Crippen molar-refractivity contribution in [2.75, 3.05) is 43.9 Å². The van der Waals surface area contributed by atoms with Crippen LogP contribution in [-0.2, 0) is 10.0 Å². The summed E-state index contributed by atoms with van der Waals surface area (Å²) in [6, 6.07) is 4.64. The Morgan fingerprint density at radius 3 is 2.71 bits per heavy atom. The fourth-order valence-electron chi connectivity index (χ4n) is 2.57. The van der Waals surface area contributed by atoms with Gasteiger partial charge in [0.1, 0.15) is 0 Å². The van der Waals surface area contributed by atoms with Gasteiger partial charge in [0, 0.05) is 39.3 Å². The normalized spacial score (nSPS) is 17.1. The molecule has 24 heavy (non-hydrogen) atoms. The van der Waals surface area contributed by atoms with E-state index in [1.807, 2.05) is 0 Å². The molecule has 0 bridgehead atoms. The fraction of sp³-hybridized carbons (Fsp3) is 0.667. The first-order valence-corrected chi connectivity index (χ1v) is 10.8. The van der Waals surface area contributed by atoms with Crippen molar-refractivity contribution in [3.8, 4) is 0 Å². The van der Waals surface area contributed by atoms with E-state index < -0.39 is 10.0 Å². The van der Waals surface area contributed by atoms with Gasteiger partial charge in [0.2, 0.25) is 10.0 Å². The molecule has 1 aliphatic rings. The maximum absolute atomic E-state index is 11.4. The molecule has 0 unspecified atom stereocenters. The molecule has 136 valence electrons. The Kier molecular flexibility index (Phi) is 7.32. The highest BCUT2D eigenvalue weighted by atomic mass is 32.2. The standard InChI is InChI=1S/C15H27N5O2S2/c1-3-24(21,22)18-9-8-17-15(16-2)19-13-6-10-20(11-7-13)14-5-4-12-23-14/h4-5,12-13,18H,3,6-11H2,1-2H3,(H2,16,17,19). The average molecular weight is 374 g/mol. The smallest absolute Gasteiger partial charge is 0.211 e. The number of thiophene rings is 1. The van der Waals surface area contributed by atoms with Crippen LogP contribution in [0.15, 0.2) is 22.5 Å². The summed E-state index contributed by atoms with van der Waals surface area (Å²) in [5.41, 5.74) is 0. The van der Waals surface area contributed by atoms with Gasteiger partial charge in [-0.2, -0.15) is 0 Å². The zero-order valence-corrected chi connectivity index (χ0v) is 15.9. The van der Waals surface area contributed by atoms with Crippen molar-refractivity contribution < 1.29 is 8.42 Å². The van der Waals surface area contributed by atoms with E-state index in [1.165, 1.54) is 5.00 Å². The maximum Gasteiger partial charge on any atom is 0.211 e. The highest BCUT2D eigenvalue weighted by Gasteiger charge is 2.20. The van der Waals surface area contributed by atoms with Crippen LogP contribution in [-0.4, -0.2) is 59.4 Å². The number of aliphatic imine (C=N–C) groups is 1. The molecule has 1 aromatic rings. The summed E-state index contributed by atoms with van der Waals surface area (Å²) in [6.07, 6.45) is 2.11. The minimum absolute atomic E-state index is 0.1000. The van der Waals surface area contributed by atoms with Gasteiger partial charge in [-0.1, -0.05) is 0 Å². The topological polar surface area (TPSA) is 85.8 Å². The summed E-state index contributed by atoms with van der Waals surface area (Å²) in [5.74, 6) is 0.822. The molecule has 0 amide bonds. The first-order chi connectivity index (χ1) is 11.5. The fourth-order valence-corrected chi connectivity index (χ4v) is 3.97. The van der Waals surface area contributed by atoms with E-state index in [0.29, 0.717) is 19.1 Å². The SMILES string of the molecule is CCS(=O)(=O)NCCNC(=NC)NC1CCN(c2cccs2)CC1. The van der Waals surface area contributed by atoms with Crippen molar-refractivity contribution in [3.63, 3.8) is 0 Å². The lowest BCUT2D eigenvalue weighted by Crippen LogP contribution is -2.49. The van der Waals surface area contributed by atoms with Gasteiger partial charge in [0.05, 0.1) is 10.8 Å². The molecule has 0 aliphatic carbocycles. The number of sulfonamides is 1. The third-order valence-corrected chi connectivity index (χ3v) is 6.33. The minimum Gasteiger partial charge on any atom is -0.363 e. The summed E-state index contributed by atoms with van der Waals surface area (Å²) in [4.78, 5) is 6.63. The molecule has 1 aromatic heterocycles. The lowest BCUT2D eigenvalue weighted by atomic mass is 10.1. The van der Waals surface area contributed by atoms with Crippen LogP contribution in [0, 0.1) is 0 Å². The lowest BCUT2D eigenvalue weighted by Gasteiger charge is -2.33. The van der Waals surface area contributed by atoms with Crippen molar-refractivity contribution in [2.24, 2.45) is 4.99 Å². The lowest BCUT2D eigenvalue weighted by molar-refractivity contribution is 0.463. The number of hydrogen-bond acceptors (Lipinski definition) is 5. The Morgan fingerprint density at radius 1 is 1.38 bits per heavy atom. The molecule has 1 saturated heterocycles. The van der Waals surface area contributed by atoms with Crippen molar-refractivity contribution in [1.82, 2.24) is 15.4 Å². The van der Waals surface area contributed by atoms with Crippen LogP contribution < -0.4 is 20.3 Å². The Bertz CT molecular complexity index is 608. The summed E-state index contributed by atoms with van der Waals surface area (Å²) < 4.78 is 25.3. The third kappa shape index (κ3) is 5.95. The van der Waals surface area contributed by atoms with Crippen LogP contribution >= 0.6 is 11.3 Å². The molecular weight excluding hydrogens is 346 g/mol. The molecule has 9 heteroatoms. The second-order valence-electron chi connectivity index (χ2n) is 5.65. The minimum atomic E-state index is -3.13. The summed E-state index contributed by atoms with van der Waals surface area (Å²) >= 11 is 1.78. The average Bonchev–Trinajstić information content (AvgIpc) is 3.12. The molecule has 0 radical (unpaired) electrons. The Morgan fingerprint density at radius 2 is 2.12 bits per heavy atom. The van der Waals surface area contributed by atoms with Crippen LogP contribution in [0.4, 0.5) is 5.00 Å². The predicted molar refractivity (Wildman–Crippen MR) is 102 cm³/mol. The molecule has 2 rings (SSSR count). The number of nitrogens with one attached hydrogen (secondary N) is 3. The highest BCUT2D eigenvalue weighted by Crippen LogP contribution is 2.24. The molecule has 7 nitrogen and oxygen atoms in total. The summed E-state index contributed by atoms with van der Waals surface area (Å²) in [5, 5.41) is 10.0. The van der Waals surface area contributed by atoms with Crippen LogP contribution in [0.3, 0.4) is 0 Å². The molecule has 2 heterocycles. The number of guanidine groups is 1. The van der Waals surface area contributed by atoms with Crippen molar-refractivity contribution >= 4 is 32.3 Å². The molecule has 1 fully saturated rings. The Balaban J connectivity index is 1.68. The van der Waals surface area contributed by atoms with E-state index in [1.54, 1.807) is 25.3 Å². The molecule has 0 atom stereocenters. The first-order valence-electron chi connectivity index (χ1n) is 8.27. The zero-order valence-electron chi connectivity index (χ0n) is 14.3. The highest BCUT2D eigenvalue weighted by molar-refractivity contribution is 7.89. The van der Waals surface area contributed by atoms with Gasteiger partial charge in [-0.3, -0.25) is 4.99 Å². The van der Waals surface area contributed by atoms with Crippen LogP contribution in [0.5, 0.6) is 0 Å². The Labute approximate surface area is 148 Å². The molecule has 0 spiro atoms. The third-order valence-electron chi connectivity index (χ3n) is 4.00. The van der Waals surface area contributed by atoms with Crippen LogP contribution in [0.1, 0.15) is 19.8 Å². The number of anilines is 1. The summed E-state index contributed by atoms with van der Waals surface area (Å²) in [6.45, 7) is 4.55. The van der Waals surface area contributed by atoms with Gasteiger partial charge in [-0.15, -0.1) is 11.3 Å². The number of rotatable bonds is 7. The Hall–Kier alpha value is -1.32. The van der Waals surface area contributed by atoms with Gasteiger partial charge in [-0.05, 0) is 37.3 Å². The number of piperidine rings is 1. The second-order valence-corrected chi connectivity index (χ2v) is 8.68. The molecule has 1 aliphatic heterocycles. The van der Waals surface area contributed by atoms with Crippen LogP contribution in [0.2, 0.25) is 0 Å². The van der Waals surface area contributed by atoms with Gasteiger partial charge in [0.25, 0.3) is 0 Å². The molecule has 0 saturated carbocycles. The molecule has 0 aromatic carbocycles. The predicted octanol–water partition coefficient (Wildman–Crippen LogP) is 0.821. The van der Waals surface area contributed by atoms with E-state index in [0.717, 1.165) is 31.9 Å². The largest absolute Gasteiger partial charge is 0.363 e. The van der Waals surface area contributed by atoms with E-state index in [2.05, 4.69) is 42.8 Å². The van der Waals surface area contributed by atoms with E-state index in [9.17, 15) is 8.42 Å². The zero-order chi connectivity index (χ0) is 17.4. The molecular formula is C15H27N5O2S2. The second kappa shape index (κ2) is 9.24. The monoisotopic (exact) mass is 373 g/mol. The maximum atomic E-state index is 11.4. The summed E-state index contributed by atoms with van der Waals surface area (Å²) in [7, 11) is -1.41. The van der Waals surface area contributed by atoms with Crippen molar-refractivity contribution in [2.45, 2.75) is 25.8 Å².